The molecular formula is C29H24ClFO. The molecule has 0 saturated heterocycles. The van der Waals surface area contributed by atoms with E-state index >= 15 is 0 Å². The molecule has 1 nitrogen and oxygen atoms in total. The van der Waals surface area contributed by atoms with E-state index in [-0.39, 0.29) is 16.8 Å². The Morgan fingerprint density at radius 1 is 1.03 bits per heavy atom. The Morgan fingerprint density at radius 3 is 2.72 bits per heavy atom. The van der Waals surface area contributed by atoms with E-state index in [1.165, 1.54) is 38.8 Å². The summed E-state index contributed by atoms with van der Waals surface area (Å²) in [5, 5.41) is 2.88. The zero-order valence-electron chi connectivity index (χ0n) is 17.7. The third-order valence-corrected chi connectivity index (χ3v) is 6.53. The molecule has 3 aliphatic carbocycles. The van der Waals surface area contributed by atoms with Crippen LogP contribution in [0.15, 0.2) is 84.7 Å². The van der Waals surface area contributed by atoms with Crippen LogP contribution < -0.4 is 10.4 Å². The minimum atomic E-state index is -0.366. The van der Waals surface area contributed by atoms with Crippen LogP contribution in [0.3, 0.4) is 0 Å². The van der Waals surface area contributed by atoms with Gasteiger partial charge in [0.15, 0.2) is 0 Å². The van der Waals surface area contributed by atoms with Gasteiger partial charge in [-0.05, 0) is 81.8 Å². The summed E-state index contributed by atoms with van der Waals surface area (Å²) in [5.41, 5.74) is 6.52. The van der Waals surface area contributed by atoms with Crippen LogP contribution >= 0.6 is 11.6 Å². The maximum atomic E-state index is 13.6. The zero-order chi connectivity index (χ0) is 21.9. The molecule has 1 aliphatic heterocycles. The summed E-state index contributed by atoms with van der Waals surface area (Å²) in [6.45, 7) is 0.733. The quantitative estimate of drug-likeness (QED) is 0.515. The summed E-state index contributed by atoms with van der Waals surface area (Å²) >= 11 is 6.07. The number of ether oxygens (including phenoxy) is 1. The summed E-state index contributed by atoms with van der Waals surface area (Å²) in [7, 11) is 0. The lowest BCUT2D eigenvalue weighted by Gasteiger charge is -2.27. The van der Waals surface area contributed by atoms with Crippen molar-refractivity contribution >= 4 is 29.3 Å². The molecule has 32 heavy (non-hydrogen) atoms. The molecule has 6 rings (SSSR count). The van der Waals surface area contributed by atoms with Crippen molar-refractivity contribution in [2.75, 3.05) is 6.61 Å². The van der Waals surface area contributed by atoms with Crippen molar-refractivity contribution in [3.8, 4) is 0 Å². The van der Waals surface area contributed by atoms with Gasteiger partial charge in [-0.25, -0.2) is 4.39 Å². The topological polar surface area (TPSA) is 9.23 Å². The molecule has 2 aromatic carbocycles. The van der Waals surface area contributed by atoms with Gasteiger partial charge in [-0.1, -0.05) is 72.3 Å². The molecule has 0 saturated carbocycles. The molecule has 3 heteroatoms. The lowest BCUT2D eigenvalue weighted by molar-refractivity contribution is 0.286. The molecule has 0 bridgehead atoms. The highest BCUT2D eigenvalue weighted by atomic mass is 35.5. The Balaban J connectivity index is 0.000000314. The first-order valence-electron chi connectivity index (χ1n) is 11.0. The van der Waals surface area contributed by atoms with Gasteiger partial charge in [0.1, 0.15) is 12.4 Å². The molecule has 0 spiro atoms. The first kappa shape index (κ1) is 20.8. The molecule has 0 amide bonds. The number of fused-ring (bicyclic) bond motifs is 4. The van der Waals surface area contributed by atoms with Crippen LogP contribution in [0.5, 0.6) is 0 Å². The second-order valence-corrected chi connectivity index (χ2v) is 8.58. The van der Waals surface area contributed by atoms with Crippen molar-refractivity contribution < 1.29 is 9.13 Å². The summed E-state index contributed by atoms with van der Waals surface area (Å²) in [4.78, 5) is 0. The molecular weight excluding hydrogens is 419 g/mol. The second-order valence-electron chi connectivity index (χ2n) is 8.18. The van der Waals surface area contributed by atoms with Gasteiger partial charge in [0, 0.05) is 5.92 Å². The lowest BCUT2D eigenvalue weighted by atomic mass is 9.77. The predicted molar refractivity (Wildman–Crippen MR) is 131 cm³/mol. The highest BCUT2D eigenvalue weighted by Crippen LogP contribution is 2.38. The molecule has 160 valence electrons. The standard InChI is InChI=1S/C24H18ClF.C5H6O/c25-22-14-17(10-13-23(22)26)19-7-3-5-16-9-11-20-18-6-2-1-4-15(18)8-12-21(20)24(16)19;1-2-4-6-5-3-1/h1,3-5,7-8,10-14,19H,2,6,9H2;1-4H,5H2. The van der Waals surface area contributed by atoms with E-state index in [0.717, 1.165) is 31.4 Å². The summed E-state index contributed by atoms with van der Waals surface area (Å²) in [5.74, 6) is -0.257. The number of benzene rings is 2. The van der Waals surface area contributed by atoms with Crippen LogP contribution in [0.1, 0.15) is 35.4 Å². The van der Waals surface area contributed by atoms with Crippen LogP contribution in [-0.2, 0) is 11.2 Å². The average molecular weight is 443 g/mol. The molecule has 1 heterocycles. The Bertz CT molecular complexity index is 1310. The number of allylic oxidation sites excluding steroid dienone is 7. The molecule has 0 N–H and O–H groups in total. The van der Waals surface area contributed by atoms with Gasteiger partial charge in [-0.3, -0.25) is 0 Å². The van der Waals surface area contributed by atoms with Gasteiger partial charge < -0.3 is 4.74 Å². The van der Waals surface area contributed by atoms with Crippen molar-refractivity contribution in [1.82, 2.24) is 0 Å². The molecule has 4 aliphatic rings. The predicted octanol–water partition coefficient (Wildman–Crippen LogP) is 6.14. The summed E-state index contributed by atoms with van der Waals surface area (Å²) in [6, 6.07) is 9.57. The van der Waals surface area contributed by atoms with Gasteiger partial charge >= 0.3 is 0 Å². The minimum Gasteiger partial charge on any atom is -0.497 e. The van der Waals surface area contributed by atoms with Gasteiger partial charge in [0.2, 0.25) is 0 Å². The lowest BCUT2D eigenvalue weighted by Crippen LogP contribution is -2.36. The fourth-order valence-electron chi connectivity index (χ4n) is 4.75. The number of rotatable bonds is 1. The number of hydrogen-bond donors (Lipinski definition) is 0. The van der Waals surface area contributed by atoms with Gasteiger partial charge in [0.05, 0.1) is 11.3 Å². The van der Waals surface area contributed by atoms with Crippen molar-refractivity contribution in [2.45, 2.75) is 25.2 Å². The molecule has 0 aromatic heterocycles. The third kappa shape index (κ3) is 4.03. The van der Waals surface area contributed by atoms with E-state index in [1.54, 1.807) is 12.3 Å². The van der Waals surface area contributed by atoms with Gasteiger partial charge in [-0.15, -0.1) is 0 Å². The highest BCUT2D eigenvalue weighted by Gasteiger charge is 2.24. The zero-order valence-corrected chi connectivity index (χ0v) is 18.5. The maximum Gasteiger partial charge on any atom is 0.141 e. The smallest absolute Gasteiger partial charge is 0.141 e. The SMILES string of the molecule is C1=CCOC=C1.Fc1ccc(C2C=CC=C3CC=c4c5c(ccc4=C32)C=CCC5)cc1Cl. The highest BCUT2D eigenvalue weighted by molar-refractivity contribution is 6.30. The Morgan fingerprint density at radius 2 is 1.97 bits per heavy atom. The Labute approximate surface area is 192 Å². The van der Waals surface area contributed by atoms with Gasteiger partial charge in [0.25, 0.3) is 0 Å². The van der Waals surface area contributed by atoms with Crippen molar-refractivity contribution in [3.63, 3.8) is 0 Å². The van der Waals surface area contributed by atoms with E-state index in [2.05, 4.69) is 48.6 Å². The largest absolute Gasteiger partial charge is 0.497 e. The summed E-state index contributed by atoms with van der Waals surface area (Å²) < 4.78 is 18.4. The van der Waals surface area contributed by atoms with Crippen LogP contribution in [0.25, 0.3) is 17.7 Å². The normalized spacial score (nSPS) is 19.5. The molecule has 0 radical (unpaired) electrons. The minimum absolute atomic E-state index is 0.109. The van der Waals surface area contributed by atoms with Crippen LogP contribution in [-0.4, -0.2) is 6.61 Å². The van der Waals surface area contributed by atoms with E-state index < -0.39 is 0 Å². The fourth-order valence-corrected chi connectivity index (χ4v) is 4.94. The van der Waals surface area contributed by atoms with E-state index in [9.17, 15) is 4.39 Å². The monoisotopic (exact) mass is 442 g/mol. The Kier molecular flexibility index (Phi) is 5.96. The first-order chi connectivity index (χ1) is 15.7. The third-order valence-electron chi connectivity index (χ3n) is 6.24. The van der Waals surface area contributed by atoms with Crippen LogP contribution in [0.4, 0.5) is 4.39 Å². The molecule has 1 atom stereocenters. The van der Waals surface area contributed by atoms with E-state index in [1.807, 2.05) is 24.3 Å². The van der Waals surface area contributed by atoms with Gasteiger partial charge in [-0.2, -0.15) is 0 Å². The second kappa shape index (κ2) is 9.18. The van der Waals surface area contributed by atoms with Crippen molar-refractivity contribution in [3.05, 3.63) is 123 Å². The van der Waals surface area contributed by atoms with Crippen molar-refractivity contribution in [1.29, 1.82) is 0 Å². The van der Waals surface area contributed by atoms with Crippen molar-refractivity contribution in [2.24, 2.45) is 0 Å². The Hall–Kier alpha value is -3.10. The maximum absolute atomic E-state index is 13.6. The van der Waals surface area contributed by atoms with E-state index in [4.69, 9.17) is 16.3 Å². The average Bonchev–Trinajstić information content (AvgIpc) is 2.86. The number of hydrogen-bond acceptors (Lipinski definition) is 1. The molecule has 0 fully saturated rings. The van der Waals surface area contributed by atoms with Crippen LogP contribution in [0, 0.1) is 5.82 Å². The first-order valence-corrected chi connectivity index (χ1v) is 11.4. The molecule has 1 unspecified atom stereocenters. The summed E-state index contributed by atoms with van der Waals surface area (Å²) in [6.07, 6.45) is 24.0. The van der Waals surface area contributed by atoms with Crippen LogP contribution in [0.2, 0.25) is 5.02 Å². The number of halogens is 2. The van der Waals surface area contributed by atoms with E-state index in [0.29, 0.717) is 0 Å². The molecule has 2 aromatic rings. The fraction of sp³-hybridized carbons (Fsp3) is 0.172.